The average molecular weight is 432 g/mol. The molecule has 0 radical (unpaired) electrons. The highest BCUT2D eigenvalue weighted by atomic mass is 19.1. The number of hydrogen-bond acceptors (Lipinski definition) is 2. The van der Waals surface area contributed by atoms with Gasteiger partial charge in [-0.3, -0.25) is 0 Å². The third-order valence-electron chi connectivity index (χ3n) is 4.74. The van der Waals surface area contributed by atoms with Crippen molar-refractivity contribution in [1.29, 1.82) is 0 Å². The van der Waals surface area contributed by atoms with Crippen molar-refractivity contribution < 1.29 is 17.6 Å². The third kappa shape index (κ3) is 4.64. The first-order valence-electron chi connectivity index (χ1n) is 9.70. The van der Waals surface area contributed by atoms with Crippen molar-refractivity contribution in [2.24, 2.45) is 10.2 Å². The molecule has 0 atom stereocenters. The Morgan fingerprint density at radius 2 is 0.781 bits per heavy atom. The quantitative estimate of drug-likeness (QED) is 0.195. The van der Waals surface area contributed by atoms with E-state index in [0.29, 0.717) is 11.1 Å². The molecule has 0 bridgehead atoms. The van der Waals surface area contributed by atoms with Crippen LogP contribution in [-0.2, 0) is 0 Å². The van der Waals surface area contributed by atoms with E-state index in [2.05, 4.69) is 10.2 Å². The SMILES string of the molecule is Fc1ccc(/C(=N/N=C(/c2ccc(F)cc2)c2ccccc2F)c2ccccc2F)cc1. The van der Waals surface area contributed by atoms with Crippen LogP contribution in [0.3, 0.4) is 0 Å². The Kier molecular flexibility index (Phi) is 6.22. The van der Waals surface area contributed by atoms with Gasteiger partial charge in [0, 0.05) is 22.3 Å². The number of hydrogen-bond donors (Lipinski definition) is 0. The van der Waals surface area contributed by atoms with Gasteiger partial charge in [-0.05, 0) is 72.8 Å². The van der Waals surface area contributed by atoms with Gasteiger partial charge in [0.05, 0.1) is 0 Å². The summed E-state index contributed by atoms with van der Waals surface area (Å²) in [6, 6.07) is 22.7. The van der Waals surface area contributed by atoms with Gasteiger partial charge in [-0.15, -0.1) is 10.2 Å². The lowest BCUT2D eigenvalue weighted by atomic mass is 10.0. The van der Waals surface area contributed by atoms with Crippen LogP contribution in [0.4, 0.5) is 17.6 Å². The van der Waals surface area contributed by atoms with Gasteiger partial charge in [0.15, 0.2) is 0 Å². The molecule has 0 aliphatic carbocycles. The number of nitrogens with zero attached hydrogens (tertiary/aromatic N) is 2. The van der Waals surface area contributed by atoms with Gasteiger partial charge in [0.25, 0.3) is 0 Å². The Morgan fingerprint density at radius 1 is 0.438 bits per heavy atom. The summed E-state index contributed by atoms with van der Waals surface area (Å²) in [5.41, 5.74) is 1.42. The van der Waals surface area contributed by atoms with E-state index < -0.39 is 23.3 Å². The predicted octanol–water partition coefficient (Wildman–Crippen LogP) is 6.53. The maximum atomic E-state index is 14.6. The van der Waals surface area contributed by atoms with Crippen LogP contribution in [0.1, 0.15) is 22.3 Å². The molecule has 0 aliphatic heterocycles. The van der Waals surface area contributed by atoms with Gasteiger partial charge in [-0.25, -0.2) is 17.6 Å². The standard InChI is InChI=1S/C26H16F4N2/c27-19-13-9-17(10-14-19)25(21-5-1-3-7-23(21)29)31-32-26(18-11-15-20(28)16-12-18)22-6-2-4-8-24(22)30/h1-16H/b31-25-,32-26-. The smallest absolute Gasteiger partial charge is 0.132 e. The minimum absolute atomic E-state index is 0.138. The fourth-order valence-corrected chi connectivity index (χ4v) is 3.16. The summed E-state index contributed by atoms with van der Waals surface area (Å²) in [7, 11) is 0. The molecule has 6 heteroatoms. The van der Waals surface area contributed by atoms with E-state index in [1.807, 2.05) is 0 Å². The van der Waals surface area contributed by atoms with Crippen molar-refractivity contribution >= 4 is 11.4 Å². The van der Waals surface area contributed by atoms with E-state index in [1.165, 1.54) is 84.9 Å². The molecule has 158 valence electrons. The summed E-state index contributed by atoms with van der Waals surface area (Å²) in [4.78, 5) is 0. The highest BCUT2D eigenvalue weighted by molar-refractivity contribution is 6.15. The van der Waals surface area contributed by atoms with E-state index in [0.717, 1.165) is 0 Å². The summed E-state index contributed by atoms with van der Waals surface area (Å²) in [6.07, 6.45) is 0. The molecule has 4 aromatic carbocycles. The topological polar surface area (TPSA) is 24.7 Å². The maximum absolute atomic E-state index is 14.6. The van der Waals surface area contributed by atoms with Gasteiger partial charge < -0.3 is 0 Å². The van der Waals surface area contributed by atoms with E-state index in [1.54, 1.807) is 12.1 Å². The van der Waals surface area contributed by atoms with E-state index >= 15 is 0 Å². The van der Waals surface area contributed by atoms with Crippen LogP contribution in [-0.4, -0.2) is 11.4 Å². The van der Waals surface area contributed by atoms with Gasteiger partial charge >= 0.3 is 0 Å². The average Bonchev–Trinajstić information content (AvgIpc) is 2.80. The third-order valence-corrected chi connectivity index (χ3v) is 4.74. The molecule has 2 nitrogen and oxygen atoms in total. The van der Waals surface area contributed by atoms with Crippen molar-refractivity contribution in [2.45, 2.75) is 0 Å². The van der Waals surface area contributed by atoms with Gasteiger partial charge in [0.2, 0.25) is 0 Å². The predicted molar refractivity (Wildman–Crippen MR) is 117 cm³/mol. The highest BCUT2D eigenvalue weighted by Crippen LogP contribution is 2.19. The van der Waals surface area contributed by atoms with Crippen LogP contribution in [0.2, 0.25) is 0 Å². The van der Waals surface area contributed by atoms with Crippen molar-refractivity contribution in [2.75, 3.05) is 0 Å². The Hall–Kier alpha value is -4.06. The lowest BCUT2D eigenvalue weighted by Crippen LogP contribution is -2.09. The van der Waals surface area contributed by atoms with Gasteiger partial charge in [-0.2, -0.15) is 0 Å². The van der Waals surface area contributed by atoms with Crippen molar-refractivity contribution in [1.82, 2.24) is 0 Å². The first kappa shape index (κ1) is 21.2. The molecular weight excluding hydrogens is 416 g/mol. The molecular formula is C26H16F4N2. The normalized spacial score (nSPS) is 12.1. The molecule has 0 heterocycles. The molecule has 0 spiro atoms. The molecule has 0 aliphatic rings. The zero-order valence-corrected chi connectivity index (χ0v) is 16.6. The molecule has 4 aromatic rings. The number of halogens is 4. The lowest BCUT2D eigenvalue weighted by molar-refractivity contribution is 0.624. The Labute approximate surface area is 182 Å². The van der Waals surface area contributed by atoms with Crippen LogP contribution in [0.15, 0.2) is 107 Å². The highest BCUT2D eigenvalue weighted by Gasteiger charge is 2.15. The molecule has 0 N–H and O–H groups in total. The van der Waals surface area contributed by atoms with Gasteiger partial charge in [-0.1, -0.05) is 24.3 Å². The van der Waals surface area contributed by atoms with Gasteiger partial charge in [0.1, 0.15) is 34.7 Å². The van der Waals surface area contributed by atoms with E-state index in [4.69, 9.17) is 0 Å². The molecule has 0 saturated heterocycles. The second-order valence-electron chi connectivity index (χ2n) is 6.87. The molecule has 4 rings (SSSR count). The molecule has 0 saturated carbocycles. The van der Waals surface area contributed by atoms with Crippen LogP contribution in [0.5, 0.6) is 0 Å². The largest absolute Gasteiger partial charge is 0.207 e. The second kappa shape index (κ2) is 9.39. The minimum Gasteiger partial charge on any atom is -0.207 e. The number of benzene rings is 4. The zero-order valence-electron chi connectivity index (χ0n) is 16.6. The Morgan fingerprint density at radius 3 is 1.12 bits per heavy atom. The lowest BCUT2D eigenvalue weighted by Gasteiger charge is -2.10. The molecule has 32 heavy (non-hydrogen) atoms. The Bertz CT molecular complexity index is 1190. The summed E-state index contributed by atoms with van der Waals surface area (Å²) in [6.45, 7) is 0. The molecule has 0 fully saturated rings. The fourth-order valence-electron chi connectivity index (χ4n) is 3.16. The van der Waals surface area contributed by atoms with Crippen LogP contribution < -0.4 is 0 Å². The monoisotopic (exact) mass is 432 g/mol. The maximum Gasteiger partial charge on any atom is 0.132 e. The van der Waals surface area contributed by atoms with Crippen LogP contribution in [0, 0.1) is 23.3 Å². The molecule has 0 aromatic heterocycles. The van der Waals surface area contributed by atoms with Crippen molar-refractivity contribution in [3.05, 3.63) is 143 Å². The van der Waals surface area contributed by atoms with Crippen molar-refractivity contribution in [3.8, 4) is 0 Å². The van der Waals surface area contributed by atoms with Crippen LogP contribution in [0.25, 0.3) is 0 Å². The first-order chi connectivity index (χ1) is 15.5. The van der Waals surface area contributed by atoms with Crippen molar-refractivity contribution in [3.63, 3.8) is 0 Å². The first-order valence-corrected chi connectivity index (χ1v) is 9.70. The second-order valence-corrected chi connectivity index (χ2v) is 6.87. The van der Waals surface area contributed by atoms with E-state index in [9.17, 15) is 17.6 Å². The molecule has 0 amide bonds. The fraction of sp³-hybridized carbons (Fsp3) is 0. The zero-order chi connectivity index (χ0) is 22.5. The number of rotatable bonds is 5. The summed E-state index contributed by atoms with van der Waals surface area (Å²) in [5, 5.41) is 8.51. The van der Waals surface area contributed by atoms with Crippen LogP contribution >= 0.6 is 0 Å². The summed E-state index contributed by atoms with van der Waals surface area (Å²) >= 11 is 0. The summed E-state index contributed by atoms with van der Waals surface area (Å²) in [5.74, 6) is -1.99. The minimum atomic E-state index is -0.542. The molecule has 0 unspecified atom stereocenters. The Balaban J connectivity index is 1.93. The van der Waals surface area contributed by atoms with E-state index in [-0.39, 0.29) is 22.6 Å². The summed E-state index contributed by atoms with van der Waals surface area (Å²) < 4.78 is 56.1.